The van der Waals surface area contributed by atoms with E-state index in [-0.39, 0.29) is 24.3 Å². The van der Waals surface area contributed by atoms with Crippen LogP contribution in [-0.2, 0) is 41.4 Å². The van der Waals surface area contributed by atoms with Crippen molar-refractivity contribution >= 4 is 22.4 Å². The van der Waals surface area contributed by atoms with E-state index >= 15 is 0 Å². The molecular formula is C28H37NO9S. The number of aryl methyl sites for hydroxylation is 2. The third-order valence-corrected chi connectivity index (χ3v) is 7.41. The van der Waals surface area contributed by atoms with Gasteiger partial charge in [0, 0.05) is 18.4 Å². The molecule has 11 heteroatoms. The van der Waals surface area contributed by atoms with Crippen molar-refractivity contribution in [2.75, 3.05) is 13.7 Å². The molecule has 0 saturated carbocycles. The fraction of sp³-hybridized carbons (Fsp3) is 0.500. The van der Waals surface area contributed by atoms with Crippen LogP contribution in [0.3, 0.4) is 0 Å². The molecule has 1 aliphatic carbocycles. The van der Waals surface area contributed by atoms with Crippen molar-refractivity contribution in [1.82, 2.24) is 5.32 Å². The summed E-state index contributed by atoms with van der Waals surface area (Å²) >= 11 is 0. The molecule has 1 atom stereocenters. The first-order chi connectivity index (χ1) is 18.0. The Morgan fingerprint density at radius 2 is 1.69 bits per heavy atom. The van der Waals surface area contributed by atoms with Gasteiger partial charge in [0.05, 0.1) is 12.0 Å². The van der Waals surface area contributed by atoms with Crippen LogP contribution in [0.2, 0.25) is 0 Å². The minimum atomic E-state index is -4.03. The molecule has 0 saturated heterocycles. The van der Waals surface area contributed by atoms with E-state index in [4.69, 9.17) is 23.1 Å². The van der Waals surface area contributed by atoms with Crippen LogP contribution >= 0.6 is 0 Å². The molecule has 0 heterocycles. The molecule has 0 spiro atoms. The number of carbonyl (C=O) groups is 2. The van der Waals surface area contributed by atoms with Crippen LogP contribution in [-0.4, -0.2) is 51.3 Å². The lowest BCUT2D eigenvalue weighted by Gasteiger charge is -2.38. The number of amides is 1. The standard InChI is InChI=1S/C28H37NO9S/c1-19-11-13-21(14-12-19)39(32,33)38-27(5,6)18-35-23-10-8-9-20-15-16-28(17-22(20)23,37-25(31)34-7)29-24(30)36-26(2,3)4/h8-14H,15-18H2,1-7H3,(H,29,30)/t28-/m1/s1. The Balaban J connectivity index is 1.81. The summed E-state index contributed by atoms with van der Waals surface area (Å²) in [5.41, 5.74) is -0.853. The van der Waals surface area contributed by atoms with E-state index in [1.54, 1.807) is 52.8 Å². The summed E-state index contributed by atoms with van der Waals surface area (Å²) in [7, 11) is -2.85. The quantitative estimate of drug-likeness (QED) is 0.267. The Kier molecular flexibility index (Phi) is 8.86. The molecule has 1 amide bonds. The molecule has 0 unspecified atom stereocenters. The third kappa shape index (κ3) is 8.34. The molecule has 0 radical (unpaired) electrons. The average molecular weight is 564 g/mol. The number of rotatable bonds is 8. The fourth-order valence-corrected chi connectivity index (χ4v) is 5.34. The number of alkyl carbamates (subject to hydrolysis) is 1. The number of benzene rings is 2. The van der Waals surface area contributed by atoms with Gasteiger partial charge in [0.25, 0.3) is 10.1 Å². The molecule has 0 aromatic heterocycles. The lowest BCUT2D eigenvalue weighted by atomic mass is 9.85. The van der Waals surface area contributed by atoms with Gasteiger partial charge in [-0.05, 0) is 71.7 Å². The van der Waals surface area contributed by atoms with Gasteiger partial charge < -0.3 is 18.9 Å². The van der Waals surface area contributed by atoms with E-state index in [1.807, 2.05) is 19.1 Å². The van der Waals surface area contributed by atoms with Crippen LogP contribution in [0.1, 0.15) is 57.7 Å². The van der Waals surface area contributed by atoms with Crippen LogP contribution in [0.5, 0.6) is 5.75 Å². The van der Waals surface area contributed by atoms with Crippen LogP contribution < -0.4 is 10.1 Å². The molecule has 214 valence electrons. The fourth-order valence-electron chi connectivity index (χ4n) is 4.13. The van der Waals surface area contributed by atoms with Crippen molar-refractivity contribution in [3.63, 3.8) is 0 Å². The van der Waals surface area contributed by atoms with Gasteiger partial charge in [0.1, 0.15) is 23.6 Å². The second-order valence-electron chi connectivity index (χ2n) is 11.1. The molecule has 2 aromatic carbocycles. The highest BCUT2D eigenvalue weighted by Gasteiger charge is 2.42. The normalized spacial score (nSPS) is 17.5. The second-order valence-corrected chi connectivity index (χ2v) is 12.7. The van der Waals surface area contributed by atoms with Crippen LogP contribution in [0, 0.1) is 6.92 Å². The second kappa shape index (κ2) is 11.4. The van der Waals surface area contributed by atoms with Gasteiger partial charge in [-0.25, -0.2) is 9.59 Å². The lowest BCUT2D eigenvalue weighted by molar-refractivity contribution is -0.0601. The van der Waals surface area contributed by atoms with E-state index < -0.39 is 39.3 Å². The number of hydrogen-bond acceptors (Lipinski definition) is 9. The van der Waals surface area contributed by atoms with Gasteiger partial charge >= 0.3 is 12.2 Å². The maximum Gasteiger partial charge on any atom is 0.510 e. The molecule has 0 fully saturated rings. The van der Waals surface area contributed by atoms with E-state index in [9.17, 15) is 18.0 Å². The number of methoxy groups -OCH3 is 1. The molecule has 1 aliphatic rings. The Morgan fingerprint density at radius 1 is 1.03 bits per heavy atom. The van der Waals surface area contributed by atoms with E-state index in [1.165, 1.54) is 19.2 Å². The number of hydrogen-bond donors (Lipinski definition) is 1. The predicted octanol–water partition coefficient (Wildman–Crippen LogP) is 5.05. The van der Waals surface area contributed by atoms with Crippen LogP contribution in [0.4, 0.5) is 9.59 Å². The van der Waals surface area contributed by atoms with E-state index in [0.29, 0.717) is 17.7 Å². The van der Waals surface area contributed by atoms with Crippen molar-refractivity contribution in [3.05, 3.63) is 59.2 Å². The van der Waals surface area contributed by atoms with E-state index in [2.05, 4.69) is 5.32 Å². The van der Waals surface area contributed by atoms with Crippen molar-refractivity contribution in [2.24, 2.45) is 0 Å². The minimum Gasteiger partial charge on any atom is -0.490 e. The van der Waals surface area contributed by atoms with Crippen molar-refractivity contribution in [2.45, 2.75) is 82.6 Å². The summed E-state index contributed by atoms with van der Waals surface area (Å²) in [5.74, 6) is 0.445. The topological polar surface area (TPSA) is 126 Å². The summed E-state index contributed by atoms with van der Waals surface area (Å²) < 4.78 is 52.9. The first-order valence-corrected chi connectivity index (χ1v) is 14.0. The van der Waals surface area contributed by atoms with Gasteiger partial charge in [-0.1, -0.05) is 29.8 Å². The molecule has 39 heavy (non-hydrogen) atoms. The van der Waals surface area contributed by atoms with Crippen LogP contribution in [0.15, 0.2) is 47.4 Å². The zero-order chi connectivity index (χ0) is 29.1. The Hall–Kier alpha value is -3.31. The molecule has 1 N–H and O–H groups in total. The summed E-state index contributed by atoms with van der Waals surface area (Å²) in [6.07, 6.45) is -0.884. The first kappa shape index (κ1) is 30.2. The molecule has 3 rings (SSSR count). The third-order valence-electron chi connectivity index (χ3n) is 5.88. The number of ether oxygens (including phenoxy) is 4. The summed E-state index contributed by atoms with van der Waals surface area (Å²) in [6.45, 7) is 10.2. The molecule has 10 nitrogen and oxygen atoms in total. The van der Waals surface area contributed by atoms with Gasteiger partial charge in [0.15, 0.2) is 5.72 Å². The maximum atomic E-state index is 12.8. The SMILES string of the molecule is COC(=O)O[C@]1(NC(=O)OC(C)(C)C)CCc2cccc(OCC(C)(C)OS(=O)(=O)c3ccc(C)cc3)c2C1. The number of fused-ring (bicyclic) bond motifs is 1. The molecular weight excluding hydrogens is 526 g/mol. The van der Waals surface area contributed by atoms with Gasteiger partial charge in [-0.3, -0.25) is 9.50 Å². The van der Waals surface area contributed by atoms with Crippen LogP contribution in [0.25, 0.3) is 0 Å². The first-order valence-electron chi connectivity index (χ1n) is 12.6. The van der Waals surface area contributed by atoms with Gasteiger partial charge in [-0.2, -0.15) is 8.42 Å². The molecule has 0 bridgehead atoms. The van der Waals surface area contributed by atoms with Crippen molar-refractivity contribution < 1.29 is 41.1 Å². The molecule has 0 aliphatic heterocycles. The highest BCUT2D eigenvalue weighted by Crippen LogP contribution is 2.36. The average Bonchev–Trinajstić information content (AvgIpc) is 2.81. The van der Waals surface area contributed by atoms with Gasteiger partial charge in [0.2, 0.25) is 0 Å². The Bertz CT molecular complexity index is 1300. The largest absolute Gasteiger partial charge is 0.510 e. The highest BCUT2D eigenvalue weighted by molar-refractivity contribution is 7.86. The summed E-state index contributed by atoms with van der Waals surface area (Å²) in [6, 6.07) is 11.8. The number of nitrogens with one attached hydrogen (secondary N) is 1. The zero-order valence-corrected chi connectivity index (χ0v) is 24.3. The maximum absolute atomic E-state index is 12.8. The monoisotopic (exact) mass is 563 g/mol. The van der Waals surface area contributed by atoms with E-state index in [0.717, 1.165) is 11.1 Å². The Labute approximate surface area is 230 Å². The number of carbonyl (C=O) groups excluding carboxylic acids is 2. The smallest absolute Gasteiger partial charge is 0.490 e. The molecule has 2 aromatic rings. The summed E-state index contributed by atoms with van der Waals surface area (Å²) in [5, 5.41) is 2.70. The van der Waals surface area contributed by atoms with Crippen molar-refractivity contribution in [3.8, 4) is 5.75 Å². The van der Waals surface area contributed by atoms with Crippen molar-refractivity contribution in [1.29, 1.82) is 0 Å². The zero-order valence-electron chi connectivity index (χ0n) is 23.5. The lowest BCUT2D eigenvalue weighted by Crippen LogP contribution is -2.56. The predicted molar refractivity (Wildman–Crippen MR) is 143 cm³/mol. The summed E-state index contributed by atoms with van der Waals surface area (Å²) in [4.78, 5) is 24.8. The highest BCUT2D eigenvalue weighted by atomic mass is 32.2. The van der Waals surface area contributed by atoms with Gasteiger partial charge in [-0.15, -0.1) is 0 Å². The minimum absolute atomic E-state index is 0.0521. The Morgan fingerprint density at radius 3 is 2.31 bits per heavy atom.